The van der Waals surface area contributed by atoms with Crippen LogP contribution in [-0.2, 0) is 23.1 Å². The Bertz CT molecular complexity index is 914. The van der Waals surface area contributed by atoms with Crippen molar-refractivity contribution in [3.63, 3.8) is 0 Å². The molecule has 7 nitrogen and oxygen atoms in total. The summed E-state index contributed by atoms with van der Waals surface area (Å²) in [7, 11) is 3.29. The number of aromatic amines is 1. The zero-order valence-corrected chi connectivity index (χ0v) is 18.8. The molecule has 1 N–H and O–H groups in total. The Hall–Kier alpha value is -1.42. The van der Waals surface area contributed by atoms with Crippen LogP contribution in [0.1, 0.15) is 33.1 Å². The first-order chi connectivity index (χ1) is 13.5. The fourth-order valence-corrected chi connectivity index (χ4v) is 3.68. The predicted octanol–water partition coefficient (Wildman–Crippen LogP) is 3.68. The second kappa shape index (κ2) is 11.5. The van der Waals surface area contributed by atoms with Gasteiger partial charge in [0.15, 0.2) is 10.8 Å². The first-order valence-corrected chi connectivity index (χ1v) is 10.9. The Morgan fingerprint density at radius 3 is 2.86 bits per heavy atom. The van der Waals surface area contributed by atoms with Crippen molar-refractivity contribution in [3.8, 4) is 0 Å². The molecule has 156 valence electrons. The van der Waals surface area contributed by atoms with Crippen molar-refractivity contribution >= 4 is 35.1 Å². The van der Waals surface area contributed by atoms with Crippen molar-refractivity contribution in [1.82, 2.24) is 19.1 Å². The standard InChI is InChI=1S/C19H30N4O3S2/c1-5-10-26-11-8-14(2)7-6-13-28-18-20-15-16(21-18)23(9-12-25-4)19(24)22(3)17(15)27/h7H,5-6,8-13H2,1-4H3,(H,20,21)/b14-7-. The third-order valence-electron chi connectivity index (χ3n) is 4.31. The number of ether oxygens (including phenoxy) is 2. The van der Waals surface area contributed by atoms with E-state index in [0.29, 0.717) is 23.4 Å². The number of allylic oxidation sites excluding steroid dienone is 1. The van der Waals surface area contributed by atoms with Gasteiger partial charge in [-0.05, 0) is 26.2 Å². The van der Waals surface area contributed by atoms with Crippen molar-refractivity contribution in [2.45, 2.75) is 44.8 Å². The van der Waals surface area contributed by atoms with Crippen LogP contribution in [0.3, 0.4) is 0 Å². The van der Waals surface area contributed by atoms with E-state index in [4.69, 9.17) is 21.7 Å². The summed E-state index contributed by atoms with van der Waals surface area (Å²) in [4.78, 5) is 20.4. The van der Waals surface area contributed by atoms with Crippen LogP contribution in [0.5, 0.6) is 0 Å². The molecule has 0 aliphatic heterocycles. The Morgan fingerprint density at radius 1 is 1.36 bits per heavy atom. The van der Waals surface area contributed by atoms with Gasteiger partial charge in [0.2, 0.25) is 0 Å². The van der Waals surface area contributed by atoms with Crippen LogP contribution in [0, 0.1) is 4.64 Å². The lowest BCUT2D eigenvalue weighted by Gasteiger charge is -2.08. The van der Waals surface area contributed by atoms with E-state index in [2.05, 4.69) is 29.9 Å². The van der Waals surface area contributed by atoms with Gasteiger partial charge in [0.1, 0.15) is 10.2 Å². The van der Waals surface area contributed by atoms with Crippen LogP contribution in [0.15, 0.2) is 21.6 Å². The molecular formula is C19H30N4O3S2. The van der Waals surface area contributed by atoms with Gasteiger partial charge < -0.3 is 14.5 Å². The van der Waals surface area contributed by atoms with Gasteiger partial charge in [-0.15, -0.1) is 0 Å². The summed E-state index contributed by atoms with van der Waals surface area (Å²) >= 11 is 7.04. The van der Waals surface area contributed by atoms with Gasteiger partial charge in [0, 0.05) is 26.5 Å². The maximum Gasteiger partial charge on any atom is 0.330 e. The van der Waals surface area contributed by atoms with Crippen LogP contribution in [0.2, 0.25) is 0 Å². The molecule has 0 atom stereocenters. The van der Waals surface area contributed by atoms with Gasteiger partial charge in [0.25, 0.3) is 0 Å². The maximum atomic E-state index is 12.5. The minimum atomic E-state index is -0.179. The summed E-state index contributed by atoms with van der Waals surface area (Å²) in [6, 6.07) is 0. The summed E-state index contributed by atoms with van der Waals surface area (Å²) in [5.74, 6) is 0.897. The van der Waals surface area contributed by atoms with E-state index >= 15 is 0 Å². The van der Waals surface area contributed by atoms with Gasteiger partial charge in [-0.3, -0.25) is 9.13 Å². The number of thioether (sulfide) groups is 1. The number of nitrogens with one attached hydrogen (secondary N) is 1. The summed E-state index contributed by atoms with van der Waals surface area (Å²) in [6.45, 7) is 6.74. The zero-order valence-electron chi connectivity index (χ0n) is 17.1. The number of aromatic nitrogens is 4. The molecule has 9 heteroatoms. The number of H-pyrrole nitrogens is 1. The van der Waals surface area contributed by atoms with Crippen molar-refractivity contribution in [3.05, 3.63) is 26.8 Å². The number of nitrogens with zero attached hydrogens (tertiary/aromatic N) is 3. The molecule has 0 radical (unpaired) electrons. The van der Waals surface area contributed by atoms with Crippen molar-refractivity contribution < 1.29 is 9.47 Å². The molecule has 0 bridgehead atoms. The Kier molecular flexibility index (Phi) is 9.43. The number of methoxy groups -OCH3 is 1. The molecule has 28 heavy (non-hydrogen) atoms. The van der Waals surface area contributed by atoms with Crippen LogP contribution < -0.4 is 5.69 Å². The second-order valence-corrected chi connectivity index (χ2v) is 8.05. The number of hydrogen-bond acceptors (Lipinski definition) is 6. The third-order valence-corrected chi connectivity index (χ3v) is 5.70. The van der Waals surface area contributed by atoms with E-state index in [-0.39, 0.29) is 5.69 Å². The Labute approximate surface area is 175 Å². The fourth-order valence-electron chi connectivity index (χ4n) is 2.71. The van der Waals surface area contributed by atoms with E-state index in [1.54, 1.807) is 30.5 Å². The summed E-state index contributed by atoms with van der Waals surface area (Å²) in [5.41, 5.74) is 2.47. The molecule has 0 aliphatic carbocycles. The normalized spacial score (nSPS) is 12.2. The number of imidazole rings is 1. The first-order valence-electron chi connectivity index (χ1n) is 9.54. The molecule has 0 spiro atoms. The van der Waals surface area contributed by atoms with Gasteiger partial charge in [-0.1, -0.05) is 42.6 Å². The van der Waals surface area contributed by atoms with Crippen LogP contribution in [0.4, 0.5) is 0 Å². The van der Waals surface area contributed by atoms with Crippen LogP contribution >= 0.6 is 24.0 Å². The molecule has 0 aromatic carbocycles. The molecule has 2 aromatic rings. The van der Waals surface area contributed by atoms with Crippen LogP contribution in [-0.4, -0.2) is 51.8 Å². The maximum absolute atomic E-state index is 12.5. The molecule has 0 aliphatic rings. The summed E-state index contributed by atoms with van der Waals surface area (Å²) < 4.78 is 14.2. The summed E-state index contributed by atoms with van der Waals surface area (Å²) in [5, 5.41) is 0.773. The molecule has 2 aromatic heterocycles. The lowest BCUT2D eigenvalue weighted by Crippen LogP contribution is -2.31. The lowest BCUT2D eigenvalue weighted by molar-refractivity contribution is 0.138. The average Bonchev–Trinajstić information content (AvgIpc) is 3.11. The van der Waals surface area contributed by atoms with E-state index in [9.17, 15) is 4.79 Å². The van der Waals surface area contributed by atoms with Crippen molar-refractivity contribution in [2.24, 2.45) is 7.05 Å². The number of fused-ring (bicyclic) bond motifs is 1. The molecule has 0 saturated carbocycles. The van der Waals surface area contributed by atoms with Gasteiger partial charge in [-0.25, -0.2) is 9.78 Å². The monoisotopic (exact) mass is 426 g/mol. The SMILES string of the molecule is CCCOCC/C(C)=C\CCSc1nc2c([nH]1)c(=S)n(C)c(=O)n2CCOC. The quantitative estimate of drug-likeness (QED) is 0.242. The minimum Gasteiger partial charge on any atom is -0.383 e. The van der Waals surface area contributed by atoms with E-state index in [1.807, 2.05) is 0 Å². The minimum absolute atomic E-state index is 0.179. The smallest absolute Gasteiger partial charge is 0.330 e. The molecule has 2 heterocycles. The molecular weight excluding hydrogens is 396 g/mol. The van der Waals surface area contributed by atoms with E-state index in [0.717, 1.165) is 48.9 Å². The molecule has 0 saturated heterocycles. The Morgan fingerprint density at radius 2 is 2.14 bits per heavy atom. The predicted molar refractivity (Wildman–Crippen MR) is 117 cm³/mol. The highest BCUT2D eigenvalue weighted by atomic mass is 32.2. The second-order valence-electron chi connectivity index (χ2n) is 6.58. The number of hydrogen-bond donors (Lipinski definition) is 1. The zero-order chi connectivity index (χ0) is 20.5. The number of rotatable bonds is 12. The van der Waals surface area contributed by atoms with Gasteiger partial charge in [-0.2, -0.15) is 0 Å². The van der Waals surface area contributed by atoms with E-state index < -0.39 is 0 Å². The molecule has 0 fully saturated rings. The van der Waals surface area contributed by atoms with Gasteiger partial charge in [0.05, 0.1) is 19.8 Å². The van der Waals surface area contributed by atoms with Gasteiger partial charge >= 0.3 is 5.69 Å². The van der Waals surface area contributed by atoms with Crippen molar-refractivity contribution in [2.75, 3.05) is 32.7 Å². The largest absolute Gasteiger partial charge is 0.383 e. The fraction of sp³-hybridized carbons (Fsp3) is 0.632. The van der Waals surface area contributed by atoms with Crippen LogP contribution in [0.25, 0.3) is 11.2 Å². The molecule has 0 amide bonds. The third kappa shape index (κ3) is 6.04. The lowest BCUT2D eigenvalue weighted by atomic mass is 10.2. The molecule has 2 rings (SSSR count). The highest BCUT2D eigenvalue weighted by molar-refractivity contribution is 7.99. The Balaban J connectivity index is 2.03. The highest BCUT2D eigenvalue weighted by Crippen LogP contribution is 2.20. The topological polar surface area (TPSA) is 74.1 Å². The summed E-state index contributed by atoms with van der Waals surface area (Å²) in [6.07, 6.45) is 5.22. The first kappa shape index (κ1) is 22.9. The van der Waals surface area contributed by atoms with Crippen molar-refractivity contribution in [1.29, 1.82) is 0 Å². The average molecular weight is 427 g/mol. The molecule has 0 unspecified atom stereocenters. The van der Waals surface area contributed by atoms with E-state index in [1.165, 1.54) is 10.1 Å². The highest BCUT2D eigenvalue weighted by Gasteiger charge is 2.13.